The summed E-state index contributed by atoms with van der Waals surface area (Å²) < 4.78 is 5.66. The van der Waals surface area contributed by atoms with Gasteiger partial charge in [-0.3, -0.25) is 14.9 Å². The maximum atomic E-state index is 12.3. The van der Waals surface area contributed by atoms with Crippen LogP contribution in [0.5, 0.6) is 5.75 Å². The van der Waals surface area contributed by atoms with Crippen LogP contribution in [0.15, 0.2) is 41.4 Å². The Bertz CT molecular complexity index is 881. The minimum Gasteiger partial charge on any atom is -0.483 e. The zero-order valence-corrected chi connectivity index (χ0v) is 15.4. The maximum Gasteiger partial charge on any atom is 0.268 e. The van der Waals surface area contributed by atoms with E-state index in [2.05, 4.69) is 10.3 Å². The Morgan fingerprint density at radius 3 is 2.81 bits per heavy atom. The molecule has 0 aliphatic carbocycles. The zero-order chi connectivity index (χ0) is 19.1. The Morgan fingerprint density at radius 1 is 1.33 bits per heavy atom. The number of nitrogens with one attached hydrogen (secondary N) is 1. The lowest BCUT2D eigenvalue weighted by Crippen LogP contribution is -2.32. The number of nitrogens with zero attached hydrogens (tertiary/aromatic N) is 3. The van der Waals surface area contributed by atoms with E-state index in [1.54, 1.807) is 40.7 Å². The molecule has 8 heteroatoms. The SMILES string of the molecule is N#C/C(=C\c1ccccc1OCC(=O)N1CCCC1)C(=O)Nc1nccs1. The third-order valence-corrected chi connectivity index (χ3v) is 4.74. The van der Waals surface area contributed by atoms with Gasteiger partial charge in [0.25, 0.3) is 11.8 Å². The molecule has 138 valence electrons. The molecule has 0 spiro atoms. The highest BCUT2D eigenvalue weighted by molar-refractivity contribution is 7.13. The fraction of sp³-hybridized carbons (Fsp3) is 0.263. The normalized spacial score (nSPS) is 13.9. The van der Waals surface area contributed by atoms with Gasteiger partial charge in [-0.1, -0.05) is 18.2 Å². The minimum absolute atomic E-state index is 0.0618. The molecule has 0 radical (unpaired) electrons. The number of para-hydroxylation sites is 1. The number of amides is 2. The largest absolute Gasteiger partial charge is 0.483 e. The van der Waals surface area contributed by atoms with Gasteiger partial charge in [0.1, 0.15) is 17.4 Å². The van der Waals surface area contributed by atoms with Gasteiger partial charge in [0.2, 0.25) is 0 Å². The summed E-state index contributed by atoms with van der Waals surface area (Å²) in [6.07, 6.45) is 5.05. The van der Waals surface area contributed by atoms with Gasteiger partial charge in [-0.05, 0) is 25.0 Å². The number of aromatic nitrogens is 1. The summed E-state index contributed by atoms with van der Waals surface area (Å²) in [5.41, 5.74) is 0.477. The van der Waals surface area contributed by atoms with Crippen LogP contribution < -0.4 is 10.1 Å². The first-order chi connectivity index (χ1) is 13.2. The molecule has 0 bridgehead atoms. The van der Waals surface area contributed by atoms with Crippen LogP contribution in [0, 0.1) is 11.3 Å². The fourth-order valence-electron chi connectivity index (χ4n) is 2.68. The van der Waals surface area contributed by atoms with Gasteiger partial charge in [0, 0.05) is 30.2 Å². The highest BCUT2D eigenvalue weighted by atomic mass is 32.1. The predicted molar refractivity (Wildman–Crippen MR) is 102 cm³/mol. The van der Waals surface area contributed by atoms with Gasteiger partial charge in [0.15, 0.2) is 11.7 Å². The van der Waals surface area contributed by atoms with Crippen molar-refractivity contribution in [3.63, 3.8) is 0 Å². The molecule has 27 heavy (non-hydrogen) atoms. The number of nitriles is 1. The number of carbonyl (C=O) groups excluding carboxylic acids is 2. The quantitative estimate of drug-likeness (QED) is 0.612. The molecule has 3 rings (SSSR count). The van der Waals surface area contributed by atoms with E-state index in [1.165, 1.54) is 17.4 Å². The molecule has 2 amide bonds. The van der Waals surface area contributed by atoms with Gasteiger partial charge in [-0.25, -0.2) is 4.98 Å². The van der Waals surface area contributed by atoms with Gasteiger partial charge >= 0.3 is 0 Å². The lowest BCUT2D eigenvalue weighted by Gasteiger charge is -2.16. The van der Waals surface area contributed by atoms with Gasteiger partial charge < -0.3 is 9.64 Å². The lowest BCUT2D eigenvalue weighted by atomic mass is 10.1. The summed E-state index contributed by atoms with van der Waals surface area (Å²) in [4.78, 5) is 30.2. The monoisotopic (exact) mass is 382 g/mol. The number of thiazole rings is 1. The Morgan fingerprint density at radius 2 is 2.11 bits per heavy atom. The second-order valence-electron chi connectivity index (χ2n) is 5.88. The van der Waals surface area contributed by atoms with Crippen LogP contribution >= 0.6 is 11.3 Å². The number of ether oxygens (including phenoxy) is 1. The van der Waals surface area contributed by atoms with Crippen molar-refractivity contribution in [1.29, 1.82) is 5.26 Å². The van der Waals surface area contributed by atoms with Crippen molar-refractivity contribution >= 4 is 34.4 Å². The first-order valence-electron chi connectivity index (χ1n) is 8.49. The van der Waals surface area contributed by atoms with E-state index >= 15 is 0 Å². The van der Waals surface area contributed by atoms with Crippen molar-refractivity contribution in [2.75, 3.05) is 25.0 Å². The van der Waals surface area contributed by atoms with Crippen LogP contribution in [0.2, 0.25) is 0 Å². The summed E-state index contributed by atoms with van der Waals surface area (Å²) in [5.74, 6) is -0.163. The molecule has 1 aromatic heterocycles. The summed E-state index contributed by atoms with van der Waals surface area (Å²) in [6.45, 7) is 1.45. The van der Waals surface area contributed by atoms with E-state index in [1.807, 2.05) is 6.07 Å². The highest BCUT2D eigenvalue weighted by Crippen LogP contribution is 2.22. The third kappa shape index (κ3) is 4.92. The number of rotatable bonds is 6. The van der Waals surface area contributed by atoms with E-state index in [4.69, 9.17) is 4.74 Å². The summed E-state index contributed by atoms with van der Waals surface area (Å²) in [5, 5.41) is 14.1. The number of anilines is 1. The first kappa shape index (κ1) is 18.6. The number of hydrogen-bond acceptors (Lipinski definition) is 6. The first-order valence-corrected chi connectivity index (χ1v) is 9.37. The molecule has 1 aromatic carbocycles. The van der Waals surface area contributed by atoms with Crippen molar-refractivity contribution in [3.8, 4) is 11.8 Å². The Labute approximate surface area is 160 Å². The molecular weight excluding hydrogens is 364 g/mol. The van der Waals surface area contributed by atoms with Crippen LogP contribution in [0.3, 0.4) is 0 Å². The summed E-state index contributed by atoms with van der Waals surface area (Å²) >= 11 is 1.27. The van der Waals surface area contributed by atoms with E-state index in [-0.39, 0.29) is 18.1 Å². The highest BCUT2D eigenvalue weighted by Gasteiger charge is 2.19. The second kappa shape index (κ2) is 8.96. The van der Waals surface area contributed by atoms with E-state index in [0.717, 1.165) is 25.9 Å². The average molecular weight is 382 g/mol. The Hall–Kier alpha value is -3.18. The van der Waals surface area contributed by atoms with Crippen molar-refractivity contribution in [2.45, 2.75) is 12.8 Å². The number of hydrogen-bond donors (Lipinski definition) is 1. The Balaban J connectivity index is 1.71. The molecule has 0 atom stereocenters. The fourth-order valence-corrected chi connectivity index (χ4v) is 3.21. The smallest absolute Gasteiger partial charge is 0.268 e. The lowest BCUT2D eigenvalue weighted by molar-refractivity contribution is -0.132. The third-order valence-electron chi connectivity index (χ3n) is 4.05. The molecule has 1 aliphatic rings. The van der Waals surface area contributed by atoms with Crippen molar-refractivity contribution in [2.24, 2.45) is 0 Å². The van der Waals surface area contributed by atoms with Crippen LogP contribution in [0.25, 0.3) is 6.08 Å². The summed E-state index contributed by atoms with van der Waals surface area (Å²) in [6, 6.07) is 8.87. The predicted octanol–water partition coefficient (Wildman–Crippen LogP) is 2.69. The molecule has 1 aliphatic heterocycles. The summed E-state index contributed by atoms with van der Waals surface area (Å²) in [7, 11) is 0. The van der Waals surface area contributed by atoms with Crippen LogP contribution in [0.1, 0.15) is 18.4 Å². The molecule has 1 N–H and O–H groups in total. The molecule has 7 nitrogen and oxygen atoms in total. The molecule has 0 unspecified atom stereocenters. The average Bonchev–Trinajstić information content (AvgIpc) is 3.38. The molecular formula is C19H18N4O3S. The molecule has 2 aromatic rings. The van der Waals surface area contributed by atoms with Crippen LogP contribution in [0.4, 0.5) is 5.13 Å². The van der Waals surface area contributed by atoms with Gasteiger partial charge in [-0.15, -0.1) is 11.3 Å². The van der Waals surface area contributed by atoms with E-state index < -0.39 is 5.91 Å². The molecule has 0 saturated carbocycles. The van der Waals surface area contributed by atoms with E-state index in [0.29, 0.717) is 16.4 Å². The Kier molecular flexibility index (Phi) is 6.18. The topological polar surface area (TPSA) is 95.3 Å². The van der Waals surface area contributed by atoms with E-state index in [9.17, 15) is 14.9 Å². The number of carbonyl (C=O) groups is 2. The molecule has 2 heterocycles. The van der Waals surface area contributed by atoms with Crippen molar-refractivity contribution in [1.82, 2.24) is 9.88 Å². The number of benzene rings is 1. The zero-order valence-electron chi connectivity index (χ0n) is 14.6. The second-order valence-corrected chi connectivity index (χ2v) is 6.77. The van der Waals surface area contributed by atoms with Gasteiger partial charge in [0.05, 0.1) is 0 Å². The number of likely N-dealkylation sites (tertiary alicyclic amines) is 1. The van der Waals surface area contributed by atoms with Crippen LogP contribution in [-0.2, 0) is 9.59 Å². The van der Waals surface area contributed by atoms with Crippen molar-refractivity contribution in [3.05, 3.63) is 47.0 Å². The van der Waals surface area contributed by atoms with Crippen molar-refractivity contribution < 1.29 is 14.3 Å². The molecule has 1 fully saturated rings. The standard InChI is InChI=1S/C19H18N4O3S/c20-12-15(18(25)22-19-21-7-10-27-19)11-14-5-1-2-6-16(14)26-13-17(24)23-8-3-4-9-23/h1-2,5-7,10-11H,3-4,8-9,13H2,(H,21,22,25)/b15-11+. The molecule has 1 saturated heterocycles. The van der Waals surface area contributed by atoms with Gasteiger partial charge in [-0.2, -0.15) is 5.26 Å². The minimum atomic E-state index is -0.546. The maximum absolute atomic E-state index is 12.3. The van der Waals surface area contributed by atoms with Crippen LogP contribution in [-0.4, -0.2) is 41.4 Å².